The molecule has 0 radical (unpaired) electrons. The van der Waals surface area contributed by atoms with Gasteiger partial charge < -0.3 is 20.1 Å². The standard InChI is InChI=1S/C13H15N3O4/c1-8-15-10-6-9(13(18)19)2-3-11(10)16(8)4-5-20-7-12(14)17/h2-3,6H,4-5,7H2,1H3,(H2,14,17)(H,18,19). The maximum atomic E-state index is 10.9. The second-order valence-electron chi connectivity index (χ2n) is 4.34. The van der Waals surface area contributed by atoms with E-state index in [-0.39, 0.29) is 12.2 Å². The highest BCUT2D eigenvalue weighted by Crippen LogP contribution is 2.17. The van der Waals surface area contributed by atoms with Crippen LogP contribution in [0.15, 0.2) is 18.2 Å². The summed E-state index contributed by atoms with van der Waals surface area (Å²) in [4.78, 5) is 25.8. The normalized spacial score (nSPS) is 10.8. The highest BCUT2D eigenvalue weighted by atomic mass is 16.5. The molecule has 1 aromatic heterocycles. The SMILES string of the molecule is Cc1nc2cc(C(=O)O)ccc2n1CCOCC(N)=O. The summed E-state index contributed by atoms with van der Waals surface area (Å²) < 4.78 is 7.02. The van der Waals surface area contributed by atoms with E-state index in [4.69, 9.17) is 15.6 Å². The van der Waals surface area contributed by atoms with Crippen LogP contribution in [0.1, 0.15) is 16.2 Å². The fourth-order valence-corrected chi connectivity index (χ4v) is 1.99. The number of nitrogens with zero attached hydrogens (tertiary/aromatic N) is 2. The minimum absolute atomic E-state index is 0.116. The number of carboxylic acids is 1. The van der Waals surface area contributed by atoms with Gasteiger partial charge in [-0.05, 0) is 25.1 Å². The van der Waals surface area contributed by atoms with E-state index in [0.29, 0.717) is 18.7 Å². The van der Waals surface area contributed by atoms with Gasteiger partial charge in [0.2, 0.25) is 5.91 Å². The minimum atomic E-state index is -0.983. The third-order valence-corrected chi connectivity index (χ3v) is 2.89. The molecule has 0 bridgehead atoms. The summed E-state index contributed by atoms with van der Waals surface area (Å²) in [7, 11) is 0. The Kier molecular flexibility index (Phi) is 3.99. The quantitative estimate of drug-likeness (QED) is 0.749. The van der Waals surface area contributed by atoms with Gasteiger partial charge in [0, 0.05) is 6.54 Å². The van der Waals surface area contributed by atoms with Crippen molar-refractivity contribution in [1.82, 2.24) is 9.55 Å². The first-order valence-corrected chi connectivity index (χ1v) is 6.05. The average Bonchev–Trinajstić information content (AvgIpc) is 2.69. The second-order valence-corrected chi connectivity index (χ2v) is 4.34. The van der Waals surface area contributed by atoms with Gasteiger partial charge in [-0.2, -0.15) is 0 Å². The summed E-state index contributed by atoms with van der Waals surface area (Å²) in [6.07, 6.45) is 0. The lowest BCUT2D eigenvalue weighted by atomic mass is 10.2. The van der Waals surface area contributed by atoms with Crippen LogP contribution in [-0.4, -0.2) is 39.7 Å². The van der Waals surface area contributed by atoms with Gasteiger partial charge in [0.1, 0.15) is 12.4 Å². The minimum Gasteiger partial charge on any atom is -0.478 e. The number of benzene rings is 1. The van der Waals surface area contributed by atoms with E-state index in [0.717, 1.165) is 11.3 Å². The molecule has 0 spiro atoms. The van der Waals surface area contributed by atoms with Crippen LogP contribution in [0, 0.1) is 6.92 Å². The predicted octanol–water partition coefficient (Wildman–Crippen LogP) is 0.545. The van der Waals surface area contributed by atoms with Crippen LogP contribution in [0.5, 0.6) is 0 Å². The highest BCUT2D eigenvalue weighted by molar-refractivity contribution is 5.92. The van der Waals surface area contributed by atoms with Crippen LogP contribution in [0.3, 0.4) is 0 Å². The van der Waals surface area contributed by atoms with Gasteiger partial charge >= 0.3 is 5.97 Å². The number of carbonyl (C=O) groups excluding carboxylic acids is 1. The highest BCUT2D eigenvalue weighted by Gasteiger charge is 2.10. The van der Waals surface area contributed by atoms with Gasteiger partial charge in [-0.1, -0.05) is 0 Å². The number of aromatic nitrogens is 2. The number of amides is 1. The molecule has 0 atom stereocenters. The lowest BCUT2D eigenvalue weighted by molar-refractivity contribution is -0.122. The van der Waals surface area contributed by atoms with Crippen molar-refractivity contribution in [3.05, 3.63) is 29.6 Å². The topological polar surface area (TPSA) is 107 Å². The van der Waals surface area contributed by atoms with Gasteiger partial charge in [0.25, 0.3) is 0 Å². The molecular formula is C13H15N3O4. The van der Waals surface area contributed by atoms with Gasteiger partial charge in [-0.15, -0.1) is 0 Å². The van der Waals surface area contributed by atoms with Crippen LogP contribution in [0.2, 0.25) is 0 Å². The summed E-state index contributed by atoms with van der Waals surface area (Å²) in [6, 6.07) is 4.78. The zero-order valence-corrected chi connectivity index (χ0v) is 11.0. The monoisotopic (exact) mass is 277 g/mol. The molecule has 20 heavy (non-hydrogen) atoms. The number of hydrogen-bond donors (Lipinski definition) is 2. The Balaban J connectivity index is 2.19. The second kappa shape index (κ2) is 5.70. The summed E-state index contributed by atoms with van der Waals surface area (Å²) >= 11 is 0. The Labute approximate surface area is 115 Å². The number of aromatic carboxylic acids is 1. The molecular weight excluding hydrogens is 262 g/mol. The van der Waals surface area contributed by atoms with Crippen molar-refractivity contribution in [3.8, 4) is 0 Å². The molecule has 0 saturated heterocycles. The summed E-state index contributed by atoms with van der Waals surface area (Å²) in [6.45, 7) is 2.56. The number of primary amides is 1. The van der Waals surface area contributed by atoms with Crippen molar-refractivity contribution in [2.24, 2.45) is 5.73 Å². The Morgan fingerprint density at radius 3 is 2.85 bits per heavy atom. The Bertz CT molecular complexity index is 663. The Morgan fingerprint density at radius 1 is 1.45 bits per heavy atom. The number of hydrogen-bond acceptors (Lipinski definition) is 4. The van der Waals surface area contributed by atoms with Crippen molar-refractivity contribution in [1.29, 1.82) is 0 Å². The van der Waals surface area contributed by atoms with Crippen LogP contribution in [0.4, 0.5) is 0 Å². The number of carbonyl (C=O) groups is 2. The van der Waals surface area contributed by atoms with Crippen molar-refractivity contribution in [2.45, 2.75) is 13.5 Å². The zero-order chi connectivity index (χ0) is 14.7. The molecule has 106 valence electrons. The predicted molar refractivity (Wildman–Crippen MR) is 71.4 cm³/mol. The number of imidazole rings is 1. The number of fused-ring (bicyclic) bond motifs is 1. The van der Waals surface area contributed by atoms with Crippen molar-refractivity contribution in [2.75, 3.05) is 13.2 Å². The number of ether oxygens (including phenoxy) is 1. The third-order valence-electron chi connectivity index (χ3n) is 2.89. The van der Waals surface area contributed by atoms with E-state index in [9.17, 15) is 9.59 Å². The average molecular weight is 277 g/mol. The molecule has 0 saturated carbocycles. The fraction of sp³-hybridized carbons (Fsp3) is 0.308. The number of rotatable bonds is 6. The summed E-state index contributed by atoms with van der Waals surface area (Å²) in [5, 5.41) is 8.95. The lowest BCUT2D eigenvalue weighted by Crippen LogP contribution is -2.19. The molecule has 3 N–H and O–H groups in total. The van der Waals surface area contributed by atoms with Crippen LogP contribution < -0.4 is 5.73 Å². The smallest absolute Gasteiger partial charge is 0.335 e. The largest absolute Gasteiger partial charge is 0.478 e. The Morgan fingerprint density at radius 2 is 2.20 bits per heavy atom. The fourth-order valence-electron chi connectivity index (χ4n) is 1.99. The molecule has 7 nitrogen and oxygen atoms in total. The first-order chi connectivity index (χ1) is 9.49. The first kappa shape index (κ1) is 14.0. The maximum Gasteiger partial charge on any atom is 0.335 e. The van der Waals surface area contributed by atoms with Gasteiger partial charge in [0.15, 0.2) is 0 Å². The zero-order valence-electron chi connectivity index (χ0n) is 11.0. The van der Waals surface area contributed by atoms with Crippen LogP contribution in [-0.2, 0) is 16.1 Å². The summed E-state index contributed by atoms with van der Waals surface area (Å²) in [5.41, 5.74) is 6.63. The van der Waals surface area contributed by atoms with E-state index in [1.54, 1.807) is 6.07 Å². The molecule has 1 aromatic carbocycles. The van der Waals surface area contributed by atoms with E-state index >= 15 is 0 Å². The molecule has 0 aliphatic rings. The number of nitrogens with two attached hydrogens (primary N) is 1. The van der Waals surface area contributed by atoms with Gasteiger partial charge in [-0.3, -0.25) is 4.79 Å². The first-order valence-electron chi connectivity index (χ1n) is 6.05. The maximum absolute atomic E-state index is 10.9. The summed E-state index contributed by atoms with van der Waals surface area (Å²) in [5.74, 6) is -0.739. The molecule has 0 aliphatic heterocycles. The lowest BCUT2D eigenvalue weighted by Gasteiger charge is -2.07. The number of carboxylic acid groups (broad SMARTS) is 1. The van der Waals surface area contributed by atoms with Crippen molar-refractivity contribution < 1.29 is 19.4 Å². The number of aryl methyl sites for hydroxylation is 1. The Hall–Kier alpha value is -2.41. The third kappa shape index (κ3) is 2.94. The van der Waals surface area contributed by atoms with Crippen LogP contribution >= 0.6 is 0 Å². The molecule has 0 unspecified atom stereocenters. The van der Waals surface area contributed by atoms with E-state index < -0.39 is 11.9 Å². The van der Waals surface area contributed by atoms with Gasteiger partial charge in [-0.25, -0.2) is 9.78 Å². The van der Waals surface area contributed by atoms with E-state index in [1.807, 2.05) is 11.5 Å². The van der Waals surface area contributed by atoms with E-state index in [2.05, 4.69) is 4.98 Å². The van der Waals surface area contributed by atoms with Crippen molar-refractivity contribution in [3.63, 3.8) is 0 Å². The molecule has 0 aliphatic carbocycles. The van der Waals surface area contributed by atoms with Crippen LogP contribution in [0.25, 0.3) is 11.0 Å². The molecule has 2 aromatic rings. The molecule has 2 rings (SSSR count). The molecule has 1 heterocycles. The molecule has 0 fully saturated rings. The molecule has 1 amide bonds. The van der Waals surface area contributed by atoms with Gasteiger partial charge in [0.05, 0.1) is 23.2 Å². The van der Waals surface area contributed by atoms with E-state index in [1.165, 1.54) is 12.1 Å². The molecule has 7 heteroatoms. The van der Waals surface area contributed by atoms with Crippen molar-refractivity contribution >= 4 is 22.9 Å².